The average molecular weight is 311 g/mol. The van der Waals surface area contributed by atoms with E-state index in [0.717, 1.165) is 21.5 Å². The molecule has 1 nitrogen and oxygen atoms in total. The molecule has 0 radical (unpaired) electrons. The summed E-state index contributed by atoms with van der Waals surface area (Å²) in [5.74, 6) is 0. The molecular weight excluding hydrogens is 298 g/mol. The Hall–Kier alpha value is -0.830. The monoisotopic (exact) mass is 309 g/mol. The maximum absolute atomic E-state index is 6.16. The van der Waals surface area contributed by atoms with E-state index in [-0.39, 0.29) is 6.04 Å². The van der Waals surface area contributed by atoms with Gasteiger partial charge in [-0.3, -0.25) is 0 Å². The Morgan fingerprint density at radius 1 is 1.00 bits per heavy atom. The van der Waals surface area contributed by atoms with Crippen molar-refractivity contribution >= 4 is 27.5 Å². The summed E-state index contributed by atoms with van der Waals surface area (Å²) in [5.41, 5.74) is 8.50. The molecule has 0 aromatic heterocycles. The molecular formula is C14H13BrClN. The highest BCUT2D eigenvalue weighted by molar-refractivity contribution is 9.10. The number of rotatable bonds is 3. The van der Waals surface area contributed by atoms with Gasteiger partial charge in [0.05, 0.1) is 0 Å². The first-order chi connectivity index (χ1) is 8.15. The summed E-state index contributed by atoms with van der Waals surface area (Å²) in [6.07, 6.45) is 0.828. The van der Waals surface area contributed by atoms with Crippen LogP contribution in [0.5, 0.6) is 0 Å². The zero-order valence-electron chi connectivity index (χ0n) is 9.24. The predicted octanol–water partition coefficient (Wildman–Crippen LogP) is 4.35. The smallest absolute Gasteiger partial charge is 0.0406 e. The zero-order chi connectivity index (χ0) is 12.3. The minimum absolute atomic E-state index is 0.00782. The van der Waals surface area contributed by atoms with Crippen molar-refractivity contribution in [1.29, 1.82) is 0 Å². The Bertz CT molecular complexity index is 479. The normalized spacial score (nSPS) is 12.4. The lowest BCUT2D eigenvalue weighted by Gasteiger charge is -2.12. The van der Waals surface area contributed by atoms with E-state index in [9.17, 15) is 0 Å². The maximum Gasteiger partial charge on any atom is 0.0406 e. The fourth-order valence-corrected chi connectivity index (χ4v) is 2.09. The topological polar surface area (TPSA) is 26.0 Å². The van der Waals surface area contributed by atoms with Gasteiger partial charge in [-0.05, 0) is 41.8 Å². The van der Waals surface area contributed by atoms with Gasteiger partial charge < -0.3 is 5.73 Å². The molecule has 0 bridgehead atoms. The second kappa shape index (κ2) is 5.67. The summed E-state index contributed by atoms with van der Waals surface area (Å²) in [5, 5.41) is 0.740. The van der Waals surface area contributed by atoms with Crippen molar-refractivity contribution in [3.8, 4) is 0 Å². The standard InChI is InChI=1S/C14H13BrClN/c15-12-5-1-10(2-6-12)9-14(17)11-3-7-13(16)8-4-11/h1-8,14H,9,17H2. The molecule has 0 saturated heterocycles. The van der Waals surface area contributed by atoms with Crippen LogP contribution < -0.4 is 5.73 Å². The first-order valence-corrected chi connectivity index (χ1v) is 6.58. The van der Waals surface area contributed by atoms with Crippen LogP contribution in [0.1, 0.15) is 17.2 Å². The average Bonchev–Trinajstić information content (AvgIpc) is 2.33. The molecule has 2 rings (SSSR count). The van der Waals surface area contributed by atoms with Gasteiger partial charge in [-0.25, -0.2) is 0 Å². The molecule has 0 saturated carbocycles. The molecule has 17 heavy (non-hydrogen) atoms. The van der Waals surface area contributed by atoms with E-state index in [1.807, 2.05) is 36.4 Å². The van der Waals surface area contributed by atoms with E-state index in [2.05, 4.69) is 28.1 Å². The maximum atomic E-state index is 6.16. The lowest BCUT2D eigenvalue weighted by Crippen LogP contribution is -2.13. The van der Waals surface area contributed by atoms with E-state index in [4.69, 9.17) is 17.3 Å². The van der Waals surface area contributed by atoms with Crippen LogP contribution >= 0.6 is 27.5 Å². The lowest BCUT2D eigenvalue weighted by molar-refractivity contribution is 0.722. The summed E-state index contributed by atoms with van der Waals surface area (Å²) in [6.45, 7) is 0. The molecule has 2 aromatic carbocycles. The number of hydrogen-bond acceptors (Lipinski definition) is 1. The molecule has 2 N–H and O–H groups in total. The fourth-order valence-electron chi connectivity index (χ4n) is 1.70. The molecule has 0 spiro atoms. The van der Waals surface area contributed by atoms with E-state index in [1.54, 1.807) is 0 Å². The van der Waals surface area contributed by atoms with Crippen molar-refractivity contribution in [3.05, 3.63) is 69.2 Å². The van der Waals surface area contributed by atoms with Crippen LogP contribution in [0.3, 0.4) is 0 Å². The molecule has 1 unspecified atom stereocenters. The van der Waals surface area contributed by atoms with Gasteiger partial charge >= 0.3 is 0 Å². The summed E-state index contributed by atoms with van der Waals surface area (Å²) >= 11 is 9.27. The molecule has 0 aliphatic carbocycles. The van der Waals surface area contributed by atoms with Crippen molar-refractivity contribution in [2.75, 3.05) is 0 Å². The van der Waals surface area contributed by atoms with Crippen molar-refractivity contribution in [2.24, 2.45) is 5.73 Å². The number of halogens is 2. The second-order valence-corrected chi connectivity index (χ2v) is 5.34. The Kier molecular flexibility index (Phi) is 4.21. The largest absolute Gasteiger partial charge is 0.324 e. The van der Waals surface area contributed by atoms with Crippen LogP contribution in [-0.2, 0) is 6.42 Å². The van der Waals surface area contributed by atoms with Crippen molar-refractivity contribution in [1.82, 2.24) is 0 Å². The Labute approximate surface area is 115 Å². The summed E-state index contributed by atoms with van der Waals surface area (Å²) < 4.78 is 1.08. The minimum atomic E-state index is 0.00782. The van der Waals surface area contributed by atoms with Crippen LogP contribution in [0, 0.1) is 0 Å². The van der Waals surface area contributed by atoms with Gasteiger partial charge in [0.15, 0.2) is 0 Å². The third-order valence-electron chi connectivity index (χ3n) is 2.67. The molecule has 0 heterocycles. The molecule has 0 fully saturated rings. The third kappa shape index (κ3) is 3.56. The highest BCUT2D eigenvalue weighted by Crippen LogP contribution is 2.19. The van der Waals surface area contributed by atoms with Gasteiger partial charge in [0, 0.05) is 15.5 Å². The van der Waals surface area contributed by atoms with Crippen LogP contribution in [0.15, 0.2) is 53.0 Å². The van der Waals surface area contributed by atoms with E-state index in [1.165, 1.54) is 5.56 Å². The fraction of sp³-hybridized carbons (Fsp3) is 0.143. The number of benzene rings is 2. The van der Waals surface area contributed by atoms with E-state index >= 15 is 0 Å². The predicted molar refractivity (Wildman–Crippen MR) is 76.2 cm³/mol. The quantitative estimate of drug-likeness (QED) is 0.896. The highest BCUT2D eigenvalue weighted by Gasteiger charge is 2.06. The zero-order valence-corrected chi connectivity index (χ0v) is 11.6. The Balaban J connectivity index is 2.08. The van der Waals surface area contributed by atoms with Crippen LogP contribution in [0.25, 0.3) is 0 Å². The molecule has 0 aliphatic rings. The summed E-state index contributed by atoms with van der Waals surface area (Å²) in [7, 11) is 0. The SMILES string of the molecule is NC(Cc1ccc(Br)cc1)c1ccc(Cl)cc1. The minimum Gasteiger partial charge on any atom is -0.324 e. The van der Waals surface area contributed by atoms with Crippen LogP contribution in [0.4, 0.5) is 0 Å². The number of hydrogen-bond donors (Lipinski definition) is 1. The van der Waals surface area contributed by atoms with Crippen LogP contribution in [-0.4, -0.2) is 0 Å². The van der Waals surface area contributed by atoms with Gasteiger partial charge in [0.25, 0.3) is 0 Å². The van der Waals surface area contributed by atoms with Crippen molar-refractivity contribution < 1.29 is 0 Å². The molecule has 2 aromatic rings. The van der Waals surface area contributed by atoms with Gasteiger partial charge in [0.1, 0.15) is 0 Å². The lowest BCUT2D eigenvalue weighted by atomic mass is 10.00. The van der Waals surface area contributed by atoms with Crippen molar-refractivity contribution in [3.63, 3.8) is 0 Å². The van der Waals surface area contributed by atoms with E-state index < -0.39 is 0 Å². The van der Waals surface area contributed by atoms with Crippen molar-refractivity contribution in [2.45, 2.75) is 12.5 Å². The summed E-state index contributed by atoms with van der Waals surface area (Å²) in [4.78, 5) is 0. The second-order valence-electron chi connectivity index (χ2n) is 3.99. The first-order valence-electron chi connectivity index (χ1n) is 5.40. The summed E-state index contributed by atoms with van der Waals surface area (Å²) in [6, 6.07) is 15.9. The molecule has 0 amide bonds. The van der Waals surface area contributed by atoms with Gasteiger partial charge in [-0.1, -0.05) is 51.8 Å². The third-order valence-corrected chi connectivity index (χ3v) is 3.45. The van der Waals surface area contributed by atoms with Crippen LogP contribution in [0.2, 0.25) is 5.02 Å². The molecule has 0 aliphatic heterocycles. The Morgan fingerprint density at radius 3 is 2.18 bits per heavy atom. The van der Waals surface area contributed by atoms with Gasteiger partial charge in [0.2, 0.25) is 0 Å². The molecule has 88 valence electrons. The molecule has 1 atom stereocenters. The van der Waals surface area contributed by atoms with E-state index in [0.29, 0.717) is 0 Å². The van der Waals surface area contributed by atoms with Gasteiger partial charge in [-0.15, -0.1) is 0 Å². The molecule has 3 heteroatoms. The Morgan fingerprint density at radius 2 is 1.59 bits per heavy atom. The highest BCUT2D eigenvalue weighted by atomic mass is 79.9. The number of nitrogens with two attached hydrogens (primary N) is 1. The first kappa shape index (κ1) is 12.6. The van der Waals surface area contributed by atoms with Gasteiger partial charge in [-0.2, -0.15) is 0 Å².